The third-order valence-electron chi connectivity index (χ3n) is 2.06. The average Bonchev–Trinajstić information content (AvgIpc) is 2.32. The summed E-state index contributed by atoms with van der Waals surface area (Å²) >= 11 is 0. The van der Waals surface area contributed by atoms with Crippen molar-refractivity contribution in [2.45, 2.75) is 6.92 Å². The van der Waals surface area contributed by atoms with E-state index in [0.717, 1.165) is 0 Å². The quantitative estimate of drug-likeness (QED) is 0.590. The Labute approximate surface area is 98.5 Å². The first kappa shape index (κ1) is 12.1. The lowest BCUT2D eigenvalue weighted by molar-refractivity contribution is 0.475. The van der Waals surface area contributed by atoms with E-state index >= 15 is 0 Å². The number of phenols is 1. The topological polar surface area (TPSA) is 104 Å². The van der Waals surface area contributed by atoms with Gasteiger partial charge in [0.25, 0.3) is 0 Å². The monoisotopic (exact) mass is 224 g/mol. The van der Waals surface area contributed by atoms with Crippen LogP contribution in [0.25, 0.3) is 0 Å². The zero-order valence-corrected chi connectivity index (χ0v) is 9.02. The molecule has 0 spiro atoms. The van der Waals surface area contributed by atoms with Gasteiger partial charge < -0.3 is 10.4 Å². The second-order valence-corrected chi connectivity index (χ2v) is 3.21. The summed E-state index contributed by atoms with van der Waals surface area (Å²) in [4.78, 5) is 0. The van der Waals surface area contributed by atoms with Crippen LogP contribution in [0.3, 0.4) is 0 Å². The second-order valence-electron chi connectivity index (χ2n) is 3.21. The molecule has 17 heavy (non-hydrogen) atoms. The number of nitriles is 3. The summed E-state index contributed by atoms with van der Waals surface area (Å²) in [6, 6.07) is 9.55. The number of nitrogens with one attached hydrogen (secondary N) is 1. The van der Waals surface area contributed by atoms with E-state index in [9.17, 15) is 5.11 Å². The summed E-state index contributed by atoms with van der Waals surface area (Å²) in [6.45, 7) is 1.73. The normalized spacial score (nSPS) is 8.35. The van der Waals surface area contributed by atoms with Gasteiger partial charge in [-0.15, -0.1) is 0 Å². The molecule has 0 atom stereocenters. The Hall–Kier alpha value is -2.97. The number of nitrogens with zero attached hydrogens (tertiary/aromatic N) is 3. The molecule has 1 aromatic carbocycles. The molecular weight excluding hydrogens is 216 g/mol. The van der Waals surface area contributed by atoms with Crippen LogP contribution < -0.4 is 5.32 Å². The van der Waals surface area contributed by atoms with Crippen molar-refractivity contribution < 1.29 is 5.11 Å². The van der Waals surface area contributed by atoms with Crippen LogP contribution in [0.15, 0.2) is 29.5 Å². The Kier molecular flexibility index (Phi) is 3.71. The highest BCUT2D eigenvalue weighted by Gasteiger charge is 2.07. The molecule has 0 aliphatic rings. The van der Waals surface area contributed by atoms with Crippen molar-refractivity contribution in [1.29, 1.82) is 15.8 Å². The molecule has 0 saturated carbocycles. The van der Waals surface area contributed by atoms with E-state index in [1.807, 2.05) is 0 Å². The fourth-order valence-electron chi connectivity index (χ4n) is 1.21. The van der Waals surface area contributed by atoms with Crippen molar-refractivity contribution in [2.75, 3.05) is 5.32 Å². The number of hydrogen-bond donors (Lipinski definition) is 2. The molecule has 0 aliphatic carbocycles. The van der Waals surface area contributed by atoms with Crippen molar-refractivity contribution in [1.82, 2.24) is 0 Å². The molecule has 1 rings (SSSR count). The van der Waals surface area contributed by atoms with Crippen LogP contribution in [-0.2, 0) is 0 Å². The number of allylic oxidation sites excluding steroid dienone is 2. The van der Waals surface area contributed by atoms with Crippen molar-refractivity contribution in [3.63, 3.8) is 0 Å². The molecule has 82 valence electrons. The molecule has 0 saturated heterocycles. The number of phenolic OH excluding ortho intramolecular Hbond substituents is 1. The number of aromatic hydroxyl groups is 1. The summed E-state index contributed by atoms with van der Waals surface area (Å²) in [5.74, 6) is 0.108. The molecule has 0 bridgehead atoms. The fourth-order valence-corrected chi connectivity index (χ4v) is 1.21. The number of anilines is 1. The molecule has 0 fully saturated rings. The van der Waals surface area contributed by atoms with Gasteiger partial charge in [0.2, 0.25) is 0 Å². The minimum absolute atomic E-state index is 0.108. The van der Waals surface area contributed by atoms with Crippen LogP contribution in [-0.4, -0.2) is 5.11 Å². The van der Waals surface area contributed by atoms with Crippen LogP contribution in [0.5, 0.6) is 5.75 Å². The maximum Gasteiger partial charge on any atom is 0.163 e. The molecule has 0 unspecified atom stereocenters. The van der Waals surface area contributed by atoms with E-state index < -0.39 is 0 Å². The molecular formula is C12H8N4O. The summed E-state index contributed by atoms with van der Waals surface area (Å²) in [5.41, 5.74) is 0.874. The predicted octanol–water partition coefficient (Wildman–Crippen LogP) is 1.94. The van der Waals surface area contributed by atoms with Gasteiger partial charge in [-0.1, -0.05) is 0 Å². The first-order chi connectivity index (χ1) is 8.12. The molecule has 0 aromatic heterocycles. The lowest BCUT2D eigenvalue weighted by Crippen LogP contribution is -2.01. The first-order valence-corrected chi connectivity index (χ1v) is 4.63. The highest BCUT2D eigenvalue weighted by atomic mass is 16.3. The first-order valence-electron chi connectivity index (χ1n) is 4.63. The van der Waals surface area contributed by atoms with E-state index in [1.165, 1.54) is 12.1 Å². The minimum Gasteiger partial charge on any atom is -0.508 e. The molecule has 0 amide bonds. The second kappa shape index (κ2) is 5.21. The van der Waals surface area contributed by atoms with Crippen molar-refractivity contribution >= 4 is 5.69 Å². The van der Waals surface area contributed by atoms with E-state index in [1.54, 1.807) is 31.2 Å². The SMILES string of the molecule is Cc1cc(O)ccc1NC(C#N)=C(C#N)C#N. The van der Waals surface area contributed by atoms with Gasteiger partial charge in [-0.3, -0.25) is 0 Å². The minimum atomic E-state index is -0.278. The Morgan fingerprint density at radius 2 is 1.82 bits per heavy atom. The fraction of sp³-hybridized carbons (Fsp3) is 0.0833. The van der Waals surface area contributed by atoms with Crippen molar-refractivity contribution in [3.8, 4) is 24.0 Å². The molecule has 5 nitrogen and oxygen atoms in total. The largest absolute Gasteiger partial charge is 0.508 e. The number of aryl methyl sites for hydroxylation is 1. The third-order valence-corrected chi connectivity index (χ3v) is 2.06. The van der Waals surface area contributed by atoms with Crippen LogP contribution in [0, 0.1) is 40.9 Å². The molecule has 0 heterocycles. The Morgan fingerprint density at radius 1 is 1.18 bits per heavy atom. The lowest BCUT2D eigenvalue weighted by Gasteiger charge is -2.08. The van der Waals surface area contributed by atoms with Crippen molar-refractivity contribution in [2.24, 2.45) is 0 Å². The zero-order chi connectivity index (χ0) is 12.8. The molecule has 2 N–H and O–H groups in total. The van der Waals surface area contributed by atoms with E-state index in [-0.39, 0.29) is 17.0 Å². The summed E-state index contributed by atoms with van der Waals surface area (Å²) in [7, 11) is 0. The van der Waals surface area contributed by atoms with Crippen LogP contribution in [0.2, 0.25) is 0 Å². The van der Waals surface area contributed by atoms with E-state index in [0.29, 0.717) is 11.3 Å². The Bertz CT molecular complexity index is 580. The van der Waals surface area contributed by atoms with E-state index in [4.69, 9.17) is 15.8 Å². The summed E-state index contributed by atoms with van der Waals surface area (Å²) in [6.07, 6.45) is 0. The molecule has 0 aliphatic heterocycles. The highest BCUT2D eigenvalue weighted by molar-refractivity contribution is 5.62. The highest BCUT2D eigenvalue weighted by Crippen LogP contribution is 2.21. The molecule has 0 radical (unpaired) electrons. The van der Waals surface area contributed by atoms with Crippen LogP contribution >= 0.6 is 0 Å². The van der Waals surface area contributed by atoms with Gasteiger partial charge in [0.15, 0.2) is 5.57 Å². The van der Waals surface area contributed by atoms with E-state index in [2.05, 4.69) is 5.32 Å². The van der Waals surface area contributed by atoms with Gasteiger partial charge in [-0.2, -0.15) is 15.8 Å². The summed E-state index contributed by atoms with van der Waals surface area (Å²) < 4.78 is 0. The van der Waals surface area contributed by atoms with Crippen molar-refractivity contribution in [3.05, 3.63) is 35.0 Å². The average molecular weight is 224 g/mol. The smallest absolute Gasteiger partial charge is 0.163 e. The van der Waals surface area contributed by atoms with Crippen LogP contribution in [0.4, 0.5) is 5.69 Å². The number of benzene rings is 1. The zero-order valence-electron chi connectivity index (χ0n) is 9.02. The van der Waals surface area contributed by atoms with Gasteiger partial charge in [0.05, 0.1) is 0 Å². The van der Waals surface area contributed by atoms with Gasteiger partial charge in [-0.25, -0.2) is 0 Å². The van der Waals surface area contributed by atoms with Gasteiger partial charge in [0.1, 0.15) is 29.7 Å². The van der Waals surface area contributed by atoms with Gasteiger partial charge in [-0.05, 0) is 30.7 Å². The third kappa shape index (κ3) is 2.75. The lowest BCUT2D eigenvalue weighted by atomic mass is 10.1. The molecule has 1 aromatic rings. The van der Waals surface area contributed by atoms with Gasteiger partial charge >= 0.3 is 0 Å². The molecule has 5 heteroatoms. The Balaban J connectivity index is 3.16. The summed E-state index contributed by atoms with van der Waals surface area (Å²) in [5, 5.41) is 38.1. The number of hydrogen-bond acceptors (Lipinski definition) is 5. The standard InChI is InChI=1S/C12H8N4O/c1-8-4-10(17)2-3-11(8)16-12(7-15)9(5-13)6-14/h2-4,16-17H,1H3. The van der Waals surface area contributed by atoms with Gasteiger partial charge in [0, 0.05) is 5.69 Å². The Morgan fingerprint density at radius 3 is 2.29 bits per heavy atom. The maximum absolute atomic E-state index is 9.22. The predicted molar refractivity (Wildman–Crippen MR) is 60.3 cm³/mol. The maximum atomic E-state index is 9.22. The van der Waals surface area contributed by atoms with Crippen LogP contribution in [0.1, 0.15) is 5.56 Å². The number of rotatable bonds is 2.